The number of primary amides is 1. The molecule has 2 aliphatic heterocycles. The molecular weight excluding hydrogens is 1270 g/mol. The summed E-state index contributed by atoms with van der Waals surface area (Å²) in [5.41, 5.74) is 17.6. The smallest absolute Gasteiger partial charge is 0.306 e. The Morgan fingerprint density at radius 3 is 1.82 bits per heavy atom. The van der Waals surface area contributed by atoms with Crippen molar-refractivity contribution in [1.82, 2.24) is 9.97 Å². The van der Waals surface area contributed by atoms with Gasteiger partial charge in [-0.05, 0) is 153 Å². The van der Waals surface area contributed by atoms with Crippen LogP contribution in [0.4, 0.5) is 11.4 Å². The first-order valence-corrected chi connectivity index (χ1v) is 36.8. The van der Waals surface area contributed by atoms with Crippen LogP contribution in [0.3, 0.4) is 0 Å². The van der Waals surface area contributed by atoms with Crippen LogP contribution in [0.15, 0.2) is 198 Å². The van der Waals surface area contributed by atoms with Gasteiger partial charge in [0.2, 0.25) is 0 Å². The zero-order chi connectivity index (χ0) is 73.5. The van der Waals surface area contributed by atoms with Crippen molar-refractivity contribution in [2.75, 3.05) is 23.2 Å². The molecule has 102 heavy (non-hydrogen) atoms. The van der Waals surface area contributed by atoms with Crippen molar-refractivity contribution in [3.63, 3.8) is 0 Å². The topological polar surface area (TPSA) is 203 Å². The summed E-state index contributed by atoms with van der Waals surface area (Å²) in [6.07, 6.45) is 10.3. The van der Waals surface area contributed by atoms with Crippen molar-refractivity contribution in [3.05, 3.63) is 227 Å². The highest BCUT2D eigenvalue weighted by molar-refractivity contribution is 6.26. The zero-order valence-electron chi connectivity index (χ0n) is 62.3. The number of carbonyl (C=O) groups is 4. The monoisotopic (exact) mass is 1380 g/mol. The summed E-state index contributed by atoms with van der Waals surface area (Å²) >= 11 is 0. The van der Waals surface area contributed by atoms with Gasteiger partial charge in [0, 0.05) is 34.9 Å². The number of unbranched alkanes of at least 4 members (excludes halogenated alkanes) is 1. The second-order valence-corrected chi connectivity index (χ2v) is 28.4. The van der Waals surface area contributed by atoms with E-state index in [1.54, 1.807) is 42.5 Å². The average molecular weight is 1380 g/mol. The molecule has 4 heterocycles. The second-order valence-electron chi connectivity index (χ2n) is 28.4. The van der Waals surface area contributed by atoms with Gasteiger partial charge in [0.05, 0.1) is 41.1 Å². The van der Waals surface area contributed by atoms with Crippen LogP contribution >= 0.6 is 0 Å². The molecule has 15 heteroatoms. The number of ether oxygens (including phenoxy) is 3. The minimum Gasteiger partial charge on any atom is -0.490 e. The number of aryl methyl sites for hydroxylation is 1. The second kappa shape index (κ2) is 37.4. The summed E-state index contributed by atoms with van der Waals surface area (Å²) in [5, 5.41) is 16.5. The van der Waals surface area contributed by atoms with Crippen LogP contribution in [-0.2, 0) is 48.7 Å². The molecule has 1 saturated heterocycles. The predicted octanol–water partition coefficient (Wildman–Crippen LogP) is 20.4. The largest absolute Gasteiger partial charge is 0.490 e. The van der Waals surface area contributed by atoms with E-state index >= 15 is 0 Å². The van der Waals surface area contributed by atoms with Crippen LogP contribution in [-0.4, -0.2) is 63.9 Å². The number of anilines is 2. The SMILES string of the molecule is CC(C)Cc1nc(-c2ccccc2)c(-c2ccccc2)o1.CC(C)Oc1ccccc1C(N)=O.CC(C)c1ccc(C2CCC/C(=N/O)C2)cc1.CCCCC1(COC(=O)CC(C)C)C(=O)N(c2ccccc2)N(c2ccccc2)C1=O.CCc1cccc2c3c([nH]c12)C(CC)(C(C)C)OCC3. The molecule has 7 aromatic carbocycles. The number of nitrogens with zero attached hydrogens (tertiary/aromatic N) is 4. The molecule has 2 unspecified atom stereocenters. The van der Waals surface area contributed by atoms with Crippen molar-refractivity contribution in [1.29, 1.82) is 0 Å². The molecule has 2 fully saturated rings. The number of carbonyl (C=O) groups excluding carboxylic acids is 4. The fourth-order valence-corrected chi connectivity index (χ4v) is 13.5. The number of aromatic amines is 1. The molecule has 2 atom stereocenters. The molecule has 3 aliphatic rings. The molecule has 540 valence electrons. The maximum absolute atomic E-state index is 13.8. The molecule has 15 nitrogen and oxygen atoms in total. The Hall–Kier alpha value is -9.60. The molecule has 3 amide bonds. The minimum absolute atomic E-state index is 0.0421. The molecule has 1 aliphatic carbocycles. The number of H-pyrrole nitrogens is 1. The lowest BCUT2D eigenvalue weighted by atomic mass is 9.80. The van der Waals surface area contributed by atoms with Gasteiger partial charge >= 0.3 is 5.97 Å². The van der Waals surface area contributed by atoms with Gasteiger partial charge in [0.1, 0.15) is 23.7 Å². The number of nitrogens with two attached hydrogens (primary N) is 1. The number of oxazole rings is 1. The Morgan fingerprint density at radius 2 is 1.29 bits per heavy atom. The fourth-order valence-electron chi connectivity index (χ4n) is 13.5. The molecule has 0 bridgehead atoms. The molecule has 9 aromatic rings. The van der Waals surface area contributed by atoms with E-state index in [2.05, 4.69) is 132 Å². The Bertz CT molecular complexity index is 4030. The van der Waals surface area contributed by atoms with Crippen LogP contribution < -0.4 is 20.5 Å². The number of esters is 1. The highest BCUT2D eigenvalue weighted by atomic mass is 16.5. The van der Waals surface area contributed by atoms with Gasteiger partial charge in [-0.1, -0.05) is 246 Å². The van der Waals surface area contributed by atoms with Gasteiger partial charge < -0.3 is 34.6 Å². The molecule has 2 aromatic heterocycles. The zero-order valence-corrected chi connectivity index (χ0v) is 62.3. The first-order chi connectivity index (χ1) is 49.1. The van der Waals surface area contributed by atoms with E-state index < -0.39 is 17.3 Å². The van der Waals surface area contributed by atoms with Crippen molar-refractivity contribution in [2.24, 2.45) is 34.1 Å². The third-order valence-electron chi connectivity index (χ3n) is 19.0. The van der Waals surface area contributed by atoms with Crippen molar-refractivity contribution in [2.45, 2.75) is 191 Å². The molecular formula is C87H108N6O9. The number of aromatic nitrogens is 2. The molecule has 1 saturated carbocycles. The predicted molar refractivity (Wildman–Crippen MR) is 412 cm³/mol. The first kappa shape index (κ1) is 78.1. The summed E-state index contributed by atoms with van der Waals surface area (Å²) in [4.78, 5) is 59.3. The third kappa shape index (κ3) is 19.5. The van der Waals surface area contributed by atoms with E-state index in [9.17, 15) is 19.2 Å². The minimum atomic E-state index is -1.44. The average Bonchev–Trinajstić information content (AvgIpc) is 1.58. The third-order valence-corrected chi connectivity index (χ3v) is 19.0. The van der Waals surface area contributed by atoms with E-state index in [1.165, 1.54) is 55.3 Å². The lowest BCUT2D eigenvalue weighted by Gasteiger charge is -2.40. The molecule has 4 N–H and O–H groups in total. The number of para-hydroxylation sites is 4. The number of fused-ring (bicyclic) bond motifs is 3. The number of hydrogen-bond donors (Lipinski definition) is 3. The molecule has 0 radical (unpaired) electrons. The van der Waals surface area contributed by atoms with Gasteiger partial charge in [-0.15, -0.1) is 0 Å². The maximum atomic E-state index is 13.8. The van der Waals surface area contributed by atoms with Gasteiger partial charge in [-0.2, -0.15) is 0 Å². The van der Waals surface area contributed by atoms with E-state index in [0.717, 1.165) is 92.2 Å². The Morgan fingerprint density at radius 1 is 0.706 bits per heavy atom. The van der Waals surface area contributed by atoms with Crippen LogP contribution in [0, 0.1) is 23.2 Å². The Kier molecular flexibility index (Phi) is 28.6. The molecule has 12 rings (SSSR count). The summed E-state index contributed by atoms with van der Waals surface area (Å²) in [6.45, 7) is 28.0. The number of hydrazine groups is 1. The lowest BCUT2D eigenvalue weighted by Crippen LogP contribution is -2.42. The van der Waals surface area contributed by atoms with Crippen molar-refractivity contribution in [3.8, 4) is 28.3 Å². The standard InChI is InChI=1S/C25H30N2O4.C19H19NO.C18H25NO.C15H21NO.C10H13NO2/c1-4-5-16-25(18-31-22(28)17-19(2)3)23(29)26(20-12-8-6-9-13-20)27(24(25)30)21-14-10-7-11-15-21;1-14(2)13-17-20-18(15-9-5-3-6-10-15)19(21-17)16-11-7-4-8-12-16;1-5-13-8-7-9-14-15-10-11-20-18(6-2,12(3)4)17(15)19-16(13)14;1-11(2)12-6-8-13(9-7-12)14-4-3-5-15(10-14)16-17;1-7(2)13-9-6-4-3-5-8(9)10(11)12/h6-15,19H,4-5,16-18H2,1-3H3;3-12,14H,13H2,1-2H3;7-9,12,19H,5-6,10-11H2,1-4H3;6-9,11,14,17H,3-5,10H2,1-2H3;3-7H,1-2H3,(H2,11,12)/b;;;16-15-;. The highest BCUT2D eigenvalue weighted by Gasteiger charge is 2.60. The van der Waals surface area contributed by atoms with Gasteiger partial charge in [-0.25, -0.2) is 15.0 Å². The van der Waals surface area contributed by atoms with E-state index in [-0.39, 0.29) is 42.5 Å². The van der Waals surface area contributed by atoms with Gasteiger partial charge in [0.25, 0.3) is 17.7 Å². The van der Waals surface area contributed by atoms with Crippen LogP contribution in [0.25, 0.3) is 33.5 Å². The number of rotatable bonds is 21. The van der Waals surface area contributed by atoms with Crippen LogP contribution in [0.5, 0.6) is 5.75 Å². The normalized spacial score (nSPS) is 16.6. The van der Waals surface area contributed by atoms with Crippen molar-refractivity contribution >= 4 is 51.7 Å². The molecule has 0 spiro atoms. The number of oxime groups is 1. The van der Waals surface area contributed by atoms with Gasteiger partial charge in [-0.3, -0.25) is 19.2 Å². The van der Waals surface area contributed by atoms with Gasteiger partial charge in [0.15, 0.2) is 17.1 Å². The number of amides is 3. The van der Waals surface area contributed by atoms with E-state index in [4.69, 9.17) is 34.6 Å². The number of nitrogens with one attached hydrogen (secondary N) is 1. The number of hydrogen-bond acceptors (Lipinski definition) is 11. The van der Waals surface area contributed by atoms with Crippen LogP contribution in [0.1, 0.15) is 204 Å². The fraction of sp³-hybridized carbons (Fsp3) is 0.402. The summed E-state index contributed by atoms with van der Waals surface area (Å²) in [6, 6.07) is 61.1. The number of benzene rings is 7. The Balaban J connectivity index is 0.000000167. The highest BCUT2D eigenvalue weighted by Crippen LogP contribution is 2.46. The van der Waals surface area contributed by atoms with Crippen LogP contribution in [0.2, 0.25) is 0 Å². The summed E-state index contributed by atoms with van der Waals surface area (Å²) in [7, 11) is 0. The summed E-state index contributed by atoms with van der Waals surface area (Å²) in [5.74, 6) is 2.89. The maximum Gasteiger partial charge on any atom is 0.306 e. The lowest BCUT2D eigenvalue weighted by molar-refractivity contribution is -0.152. The Labute approximate surface area is 605 Å². The summed E-state index contributed by atoms with van der Waals surface area (Å²) < 4.78 is 23.2. The first-order valence-electron chi connectivity index (χ1n) is 36.8. The van der Waals surface area contributed by atoms with Crippen molar-refractivity contribution < 1.29 is 43.0 Å². The quantitative estimate of drug-likeness (QED) is 0.0269. The van der Waals surface area contributed by atoms with E-state index in [0.29, 0.717) is 59.2 Å². The van der Waals surface area contributed by atoms with E-state index in [1.807, 2.05) is 113 Å².